The molecule has 1 N–H and O–H groups in total. The molecule has 1 unspecified atom stereocenters. The van der Waals surface area contributed by atoms with E-state index in [1.807, 2.05) is 6.92 Å². The Morgan fingerprint density at radius 3 is 3.00 bits per heavy atom. The number of aromatic nitrogens is 5. The number of carbonyl (C=O) groups is 1. The van der Waals surface area contributed by atoms with E-state index in [-0.39, 0.29) is 17.8 Å². The van der Waals surface area contributed by atoms with Crippen LogP contribution in [0.2, 0.25) is 0 Å². The third-order valence-corrected chi connectivity index (χ3v) is 2.73. The molecular formula is C11H12FN5O2. The van der Waals surface area contributed by atoms with Crippen LogP contribution in [0.4, 0.5) is 4.39 Å². The van der Waals surface area contributed by atoms with Crippen molar-refractivity contribution in [2.45, 2.75) is 25.8 Å². The van der Waals surface area contributed by atoms with E-state index in [1.165, 1.54) is 16.9 Å². The summed E-state index contributed by atoms with van der Waals surface area (Å²) in [6.45, 7) is 1.82. The monoisotopic (exact) mass is 265 g/mol. The highest BCUT2D eigenvalue weighted by Gasteiger charge is 2.21. The van der Waals surface area contributed by atoms with Crippen LogP contribution in [0.5, 0.6) is 0 Å². The lowest BCUT2D eigenvalue weighted by Gasteiger charge is -2.14. The maximum absolute atomic E-state index is 13.7. The maximum atomic E-state index is 13.7. The molecule has 0 radical (unpaired) electrons. The molecule has 2 aromatic rings. The zero-order valence-electron chi connectivity index (χ0n) is 10.2. The molecule has 2 heterocycles. The van der Waals surface area contributed by atoms with Crippen LogP contribution in [0.25, 0.3) is 11.4 Å². The first kappa shape index (κ1) is 13.1. The first-order chi connectivity index (χ1) is 9.13. The summed E-state index contributed by atoms with van der Waals surface area (Å²) in [4.78, 5) is 14.5. The van der Waals surface area contributed by atoms with Crippen molar-refractivity contribution in [1.29, 1.82) is 0 Å². The molecule has 7 nitrogen and oxygen atoms in total. The molecule has 0 spiro atoms. The second-order valence-electron chi connectivity index (χ2n) is 3.96. The van der Waals surface area contributed by atoms with Crippen LogP contribution in [-0.4, -0.2) is 36.3 Å². The molecule has 100 valence electrons. The summed E-state index contributed by atoms with van der Waals surface area (Å²) in [5, 5.41) is 19.9. The van der Waals surface area contributed by atoms with Crippen molar-refractivity contribution in [2.24, 2.45) is 0 Å². The Morgan fingerprint density at radius 2 is 2.37 bits per heavy atom. The lowest BCUT2D eigenvalue weighted by molar-refractivity contribution is -0.138. The predicted molar refractivity (Wildman–Crippen MR) is 62.6 cm³/mol. The highest BCUT2D eigenvalue weighted by molar-refractivity contribution is 5.67. The minimum absolute atomic E-state index is 0.124. The normalized spacial score (nSPS) is 12.3. The van der Waals surface area contributed by atoms with Crippen molar-refractivity contribution < 1.29 is 14.3 Å². The summed E-state index contributed by atoms with van der Waals surface area (Å²) in [5.74, 6) is -1.31. The van der Waals surface area contributed by atoms with E-state index >= 15 is 0 Å². The molecule has 0 saturated carbocycles. The van der Waals surface area contributed by atoms with Gasteiger partial charge >= 0.3 is 5.97 Å². The highest BCUT2D eigenvalue weighted by Crippen LogP contribution is 2.24. The number of carboxylic acid groups (broad SMARTS) is 1. The number of carboxylic acids is 1. The number of tetrazole rings is 1. The minimum Gasteiger partial charge on any atom is -0.481 e. The van der Waals surface area contributed by atoms with Crippen LogP contribution in [0.1, 0.15) is 25.8 Å². The molecule has 0 fully saturated rings. The fourth-order valence-corrected chi connectivity index (χ4v) is 1.78. The van der Waals surface area contributed by atoms with E-state index < -0.39 is 17.8 Å². The summed E-state index contributed by atoms with van der Waals surface area (Å²) in [5.41, 5.74) is 0.198. The number of aliphatic carboxylic acids is 1. The Hall–Kier alpha value is -2.38. The van der Waals surface area contributed by atoms with Gasteiger partial charge in [-0.2, -0.15) is 0 Å². The van der Waals surface area contributed by atoms with Gasteiger partial charge in [0, 0.05) is 6.20 Å². The Labute approximate surface area is 108 Å². The Bertz CT molecular complexity index is 586. The smallest absolute Gasteiger partial charge is 0.305 e. The summed E-state index contributed by atoms with van der Waals surface area (Å²) in [6.07, 6.45) is 2.89. The molecule has 0 aliphatic heterocycles. The Kier molecular flexibility index (Phi) is 3.79. The molecule has 2 aromatic heterocycles. The molecule has 0 aliphatic rings. The van der Waals surface area contributed by atoms with Gasteiger partial charge in [0.15, 0.2) is 11.6 Å². The standard InChI is InChI=1S/C11H12FN5O2/c1-2-7(5-10(18)19)17-11(14-15-16-17)8-3-4-13-6-9(8)12/h3-4,6-7H,2,5H2,1H3,(H,18,19). The summed E-state index contributed by atoms with van der Waals surface area (Å²) in [7, 11) is 0. The number of hydrogen-bond acceptors (Lipinski definition) is 5. The van der Waals surface area contributed by atoms with Gasteiger partial charge in [-0.1, -0.05) is 6.92 Å². The van der Waals surface area contributed by atoms with Crippen molar-refractivity contribution >= 4 is 5.97 Å². The predicted octanol–water partition coefficient (Wildman–Crippen LogP) is 1.30. The van der Waals surface area contributed by atoms with E-state index in [9.17, 15) is 9.18 Å². The van der Waals surface area contributed by atoms with Crippen LogP contribution < -0.4 is 0 Å². The van der Waals surface area contributed by atoms with Crippen LogP contribution in [0.15, 0.2) is 18.5 Å². The Balaban J connectivity index is 2.42. The molecule has 8 heteroatoms. The zero-order chi connectivity index (χ0) is 13.8. The highest BCUT2D eigenvalue weighted by atomic mass is 19.1. The number of rotatable bonds is 5. The number of hydrogen-bond donors (Lipinski definition) is 1. The van der Waals surface area contributed by atoms with Crippen LogP contribution >= 0.6 is 0 Å². The van der Waals surface area contributed by atoms with Crippen LogP contribution in [-0.2, 0) is 4.79 Å². The van der Waals surface area contributed by atoms with Gasteiger partial charge in [-0.15, -0.1) is 5.10 Å². The number of nitrogens with zero attached hydrogens (tertiary/aromatic N) is 5. The quantitative estimate of drug-likeness (QED) is 0.875. The van der Waals surface area contributed by atoms with Gasteiger partial charge in [-0.25, -0.2) is 9.07 Å². The molecule has 0 amide bonds. The second-order valence-corrected chi connectivity index (χ2v) is 3.96. The van der Waals surface area contributed by atoms with Gasteiger partial charge in [0.25, 0.3) is 0 Å². The van der Waals surface area contributed by atoms with E-state index in [1.54, 1.807) is 0 Å². The molecule has 2 rings (SSSR count). The van der Waals surface area contributed by atoms with Crippen molar-refractivity contribution in [3.05, 3.63) is 24.3 Å². The fraction of sp³-hybridized carbons (Fsp3) is 0.364. The van der Waals surface area contributed by atoms with E-state index in [4.69, 9.17) is 5.11 Å². The molecule has 0 saturated heterocycles. The number of halogens is 1. The Morgan fingerprint density at radius 1 is 1.58 bits per heavy atom. The van der Waals surface area contributed by atoms with Crippen LogP contribution in [0.3, 0.4) is 0 Å². The lowest BCUT2D eigenvalue weighted by Crippen LogP contribution is -2.16. The van der Waals surface area contributed by atoms with Crippen molar-refractivity contribution in [2.75, 3.05) is 0 Å². The fourth-order valence-electron chi connectivity index (χ4n) is 1.78. The molecule has 19 heavy (non-hydrogen) atoms. The van der Waals surface area contributed by atoms with Gasteiger partial charge in [0.2, 0.25) is 0 Å². The van der Waals surface area contributed by atoms with Gasteiger partial charge in [0.05, 0.1) is 24.2 Å². The molecule has 0 bridgehead atoms. The average molecular weight is 265 g/mol. The topological polar surface area (TPSA) is 93.8 Å². The van der Waals surface area contributed by atoms with Crippen molar-refractivity contribution in [1.82, 2.24) is 25.2 Å². The van der Waals surface area contributed by atoms with E-state index in [2.05, 4.69) is 20.5 Å². The summed E-state index contributed by atoms with van der Waals surface area (Å²) < 4.78 is 15.0. The summed E-state index contributed by atoms with van der Waals surface area (Å²) >= 11 is 0. The zero-order valence-corrected chi connectivity index (χ0v) is 10.2. The summed E-state index contributed by atoms with van der Waals surface area (Å²) in [6, 6.07) is 1.03. The number of pyridine rings is 1. The largest absolute Gasteiger partial charge is 0.481 e. The third kappa shape index (κ3) is 2.72. The average Bonchev–Trinajstić information content (AvgIpc) is 2.85. The lowest BCUT2D eigenvalue weighted by atomic mass is 10.1. The van der Waals surface area contributed by atoms with Gasteiger partial charge < -0.3 is 5.11 Å². The van der Waals surface area contributed by atoms with Crippen molar-refractivity contribution in [3.63, 3.8) is 0 Å². The van der Waals surface area contributed by atoms with Gasteiger partial charge in [-0.05, 0) is 22.9 Å². The maximum Gasteiger partial charge on any atom is 0.305 e. The SMILES string of the molecule is CCC(CC(=O)O)n1nnnc1-c1ccncc1F. The van der Waals surface area contributed by atoms with Gasteiger partial charge in [-0.3, -0.25) is 9.78 Å². The van der Waals surface area contributed by atoms with Crippen LogP contribution in [0, 0.1) is 5.82 Å². The molecular weight excluding hydrogens is 253 g/mol. The van der Waals surface area contributed by atoms with E-state index in [0.29, 0.717) is 6.42 Å². The van der Waals surface area contributed by atoms with E-state index in [0.717, 1.165) is 6.20 Å². The second kappa shape index (κ2) is 5.51. The first-order valence-electron chi connectivity index (χ1n) is 5.73. The minimum atomic E-state index is -0.955. The van der Waals surface area contributed by atoms with Gasteiger partial charge in [0.1, 0.15) is 0 Å². The molecule has 0 aromatic carbocycles. The molecule has 0 aliphatic carbocycles. The van der Waals surface area contributed by atoms with Crippen molar-refractivity contribution in [3.8, 4) is 11.4 Å². The first-order valence-corrected chi connectivity index (χ1v) is 5.73. The molecule has 1 atom stereocenters. The third-order valence-electron chi connectivity index (χ3n) is 2.73.